The van der Waals surface area contributed by atoms with Crippen LogP contribution in [0.2, 0.25) is 0 Å². The van der Waals surface area contributed by atoms with Crippen LogP contribution in [0.5, 0.6) is 0 Å². The first-order valence-corrected chi connectivity index (χ1v) is 21.0. The number of nitrogens with zero attached hydrogens (tertiary/aromatic N) is 1. The number of allylic oxidation sites excluding steroid dienone is 6. The highest BCUT2D eigenvalue weighted by Crippen LogP contribution is 2.14. The van der Waals surface area contributed by atoms with Crippen LogP contribution in [0.3, 0.4) is 0 Å². The van der Waals surface area contributed by atoms with Gasteiger partial charge in [-0.3, -0.25) is 9.59 Å². The van der Waals surface area contributed by atoms with Crippen LogP contribution in [0.1, 0.15) is 174 Å². The summed E-state index contributed by atoms with van der Waals surface area (Å²) in [4.78, 5) is 36.9. The average molecular weight is 735 g/mol. The molecule has 0 amide bonds. The number of likely N-dealkylation sites (N-methyl/N-ethyl adjacent to an activating group) is 1. The largest absolute Gasteiger partial charge is 0.477 e. The SMILES string of the molecule is CC/C=C/C/C=C/C/C=C/CCCCCCCCC(=O)OC(COCCC(C(=O)O)[N+](C)(C)C)COC(=O)CCCCCCCCCCCCCC. The zero-order valence-electron chi connectivity index (χ0n) is 34.3. The second kappa shape index (κ2) is 35.6. The van der Waals surface area contributed by atoms with Crippen molar-refractivity contribution in [3.05, 3.63) is 36.5 Å². The summed E-state index contributed by atoms with van der Waals surface area (Å²) in [5, 5.41) is 9.60. The number of hydrogen-bond acceptors (Lipinski definition) is 6. The number of carbonyl (C=O) groups is 3. The molecule has 0 radical (unpaired) electrons. The molecule has 0 saturated carbocycles. The normalized spacial score (nSPS) is 13.3. The Labute approximate surface area is 319 Å². The summed E-state index contributed by atoms with van der Waals surface area (Å²) in [6, 6.07) is -0.615. The van der Waals surface area contributed by atoms with Gasteiger partial charge in [-0.1, -0.05) is 147 Å². The summed E-state index contributed by atoms with van der Waals surface area (Å²) in [6.07, 6.45) is 38.9. The maximum Gasteiger partial charge on any atom is 0.362 e. The van der Waals surface area contributed by atoms with E-state index in [0.29, 0.717) is 19.3 Å². The third kappa shape index (κ3) is 33.4. The molecule has 0 heterocycles. The molecule has 0 spiro atoms. The number of unbranched alkanes of at least 4 members (excludes halogenated alkanes) is 17. The van der Waals surface area contributed by atoms with Crippen LogP contribution in [0.15, 0.2) is 36.5 Å². The minimum absolute atomic E-state index is 0.0540. The van der Waals surface area contributed by atoms with E-state index in [9.17, 15) is 19.5 Å². The van der Waals surface area contributed by atoms with Gasteiger partial charge in [-0.05, 0) is 44.9 Å². The van der Waals surface area contributed by atoms with E-state index in [0.717, 1.165) is 70.6 Å². The van der Waals surface area contributed by atoms with Gasteiger partial charge in [-0.15, -0.1) is 0 Å². The van der Waals surface area contributed by atoms with E-state index in [1.54, 1.807) is 0 Å². The first kappa shape index (κ1) is 49.6. The number of hydrogen-bond donors (Lipinski definition) is 1. The van der Waals surface area contributed by atoms with Gasteiger partial charge in [0.1, 0.15) is 6.61 Å². The molecule has 302 valence electrons. The third-order valence-corrected chi connectivity index (χ3v) is 9.30. The molecular weight excluding hydrogens is 654 g/mol. The van der Waals surface area contributed by atoms with Crippen LogP contribution in [-0.4, -0.2) is 80.6 Å². The van der Waals surface area contributed by atoms with Gasteiger partial charge in [-0.25, -0.2) is 4.79 Å². The Morgan fingerprint density at radius 3 is 1.60 bits per heavy atom. The van der Waals surface area contributed by atoms with Crippen molar-refractivity contribution >= 4 is 17.9 Å². The van der Waals surface area contributed by atoms with Gasteiger partial charge < -0.3 is 23.8 Å². The lowest BCUT2D eigenvalue weighted by Gasteiger charge is -2.31. The van der Waals surface area contributed by atoms with Crippen molar-refractivity contribution in [3.63, 3.8) is 0 Å². The molecule has 52 heavy (non-hydrogen) atoms. The zero-order valence-corrected chi connectivity index (χ0v) is 34.3. The van der Waals surface area contributed by atoms with Crippen LogP contribution in [0.4, 0.5) is 0 Å². The third-order valence-electron chi connectivity index (χ3n) is 9.30. The van der Waals surface area contributed by atoms with E-state index < -0.39 is 18.1 Å². The Bertz CT molecular complexity index is 953. The summed E-state index contributed by atoms with van der Waals surface area (Å²) in [5.41, 5.74) is 0. The molecule has 0 aliphatic carbocycles. The van der Waals surface area contributed by atoms with E-state index in [-0.39, 0.29) is 36.2 Å². The highest BCUT2D eigenvalue weighted by atomic mass is 16.6. The molecule has 1 N–H and O–H groups in total. The molecule has 0 fully saturated rings. The average Bonchev–Trinajstić information content (AvgIpc) is 3.09. The maximum atomic E-state index is 12.7. The molecule has 0 saturated heterocycles. The van der Waals surface area contributed by atoms with E-state index in [4.69, 9.17) is 14.2 Å². The van der Waals surface area contributed by atoms with Gasteiger partial charge in [-0.2, -0.15) is 0 Å². The highest BCUT2D eigenvalue weighted by Gasteiger charge is 2.31. The van der Waals surface area contributed by atoms with Crippen molar-refractivity contribution in [3.8, 4) is 0 Å². The maximum absolute atomic E-state index is 12.7. The number of carboxylic acids is 1. The van der Waals surface area contributed by atoms with Crippen molar-refractivity contribution in [2.24, 2.45) is 0 Å². The van der Waals surface area contributed by atoms with Gasteiger partial charge in [0, 0.05) is 19.3 Å². The van der Waals surface area contributed by atoms with E-state index >= 15 is 0 Å². The van der Waals surface area contributed by atoms with Crippen LogP contribution >= 0.6 is 0 Å². The smallest absolute Gasteiger partial charge is 0.362 e. The summed E-state index contributed by atoms with van der Waals surface area (Å²) >= 11 is 0. The van der Waals surface area contributed by atoms with Crippen molar-refractivity contribution in [1.82, 2.24) is 0 Å². The monoisotopic (exact) mass is 735 g/mol. The van der Waals surface area contributed by atoms with E-state index in [1.165, 1.54) is 70.6 Å². The van der Waals surface area contributed by atoms with Crippen LogP contribution in [0.25, 0.3) is 0 Å². The Balaban J connectivity index is 4.39. The quantitative estimate of drug-likeness (QED) is 0.0293. The minimum atomic E-state index is -0.877. The molecule has 0 bridgehead atoms. The second-order valence-electron chi connectivity index (χ2n) is 15.2. The number of ether oxygens (including phenoxy) is 3. The van der Waals surface area contributed by atoms with Crippen molar-refractivity contribution in [2.45, 2.75) is 187 Å². The standard InChI is InChI=1S/C44H79NO7/c1-6-8-10-12-14-16-18-20-21-22-23-25-27-29-31-33-35-43(47)52-40(38-50-37-36-41(44(48)49)45(3,4)5)39-51-42(46)34-32-30-28-26-24-19-17-15-13-11-9-7-2/h8,10,14,16,20-21,40-41H,6-7,9,11-13,15,17-19,22-39H2,1-5H3/p+1/b10-8+,16-14+,21-20+. The predicted molar refractivity (Wildman–Crippen MR) is 215 cm³/mol. The van der Waals surface area contributed by atoms with E-state index in [1.807, 2.05) is 21.1 Å². The van der Waals surface area contributed by atoms with Gasteiger partial charge in [0.25, 0.3) is 0 Å². The lowest BCUT2D eigenvalue weighted by atomic mass is 10.0. The summed E-state index contributed by atoms with van der Waals surface area (Å²) in [5.74, 6) is -1.48. The Kier molecular flexibility index (Phi) is 33.9. The fourth-order valence-corrected chi connectivity index (χ4v) is 6.05. The molecule has 0 aliphatic rings. The van der Waals surface area contributed by atoms with Gasteiger partial charge in [0.05, 0.1) is 34.4 Å². The van der Waals surface area contributed by atoms with Crippen LogP contribution in [-0.2, 0) is 28.6 Å². The first-order chi connectivity index (χ1) is 25.1. The molecule has 2 atom stereocenters. The van der Waals surface area contributed by atoms with Gasteiger partial charge >= 0.3 is 17.9 Å². The molecule has 0 aliphatic heterocycles. The lowest BCUT2D eigenvalue weighted by Crippen LogP contribution is -2.50. The van der Waals surface area contributed by atoms with Crippen molar-refractivity contribution in [1.29, 1.82) is 0 Å². The Morgan fingerprint density at radius 2 is 1.08 bits per heavy atom. The number of esters is 2. The van der Waals surface area contributed by atoms with Gasteiger partial charge in [0.2, 0.25) is 0 Å². The molecule has 0 aromatic rings. The van der Waals surface area contributed by atoms with Gasteiger partial charge in [0.15, 0.2) is 12.1 Å². The molecule has 8 heteroatoms. The van der Waals surface area contributed by atoms with E-state index in [2.05, 4.69) is 50.3 Å². The second-order valence-corrected chi connectivity index (χ2v) is 15.2. The lowest BCUT2D eigenvalue weighted by molar-refractivity contribution is -0.887. The fourth-order valence-electron chi connectivity index (χ4n) is 6.05. The molecule has 8 nitrogen and oxygen atoms in total. The summed E-state index contributed by atoms with van der Waals surface area (Å²) < 4.78 is 17.2. The van der Waals surface area contributed by atoms with Crippen molar-refractivity contribution < 1.29 is 38.2 Å². The molecule has 0 rings (SSSR count). The molecular formula is C44H80NO7+. The summed E-state index contributed by atoms with van der Waals surface area (Å²) in [6.45, 7) is 4.61. The molecule has 2 unspecified atom stereocenters. The topological polar surface area (TPSA) is 99.1 Å². The zero-order chi connectivity index (χ0) is 38.5. The summed E-state index contributed by atoms with van der Waals surface area (Å²) in [7, 11) is 5.52. The number of carbonyl (C=O) groups excluding carboxylic acids is 2. The van der Waals surface area contributed by atoms with Crippen LogP contribution < -0.4 is 0 Å². The highest BCUT2D eigenvalue weighted by molar-refractivity contribution is 5.72. The minimum Gasteiger partial charge on any atom is -0.477 e. The Hall–Kier alpha value is -2.45. The fraction of sp³-hybridized carbons (Fsp3) is 0.795. The number of aliphatic carboxylic acids is 1. The predicted octanol–water partition coefficient (Wildman–Crippen LogP) is 11.1. The Morgan fingerprint density at radius 1 is 0.596 bits per heavy atom. The number of rotatable bonds is 37. The number of carboxylic acid groups (broad SMARTS) is 1. The first-order valence-electron chi connectivity index (χ1n) is 21.0. The number of quaternary nitrogens is 1. The van der Waals surface area contributed by atoms with Crippen molar-refractivity contribution in [2.75, 3.05) is 41.0 Å². The molecule has 0 aromatic heterocycles. The molecule has 0 aromatic carbocycles. The van der Waals surface area contributed by atoms with Crippen LogP contribution in [0, 0.1) is 0 Å².